The van der Waals surface area contributed by atoms with Crippen molar-refractivity contribution >= 4 is 5.96 Å². The predicted molar refractivity (Wildman–Crippen MR) is 122 cm³/mol. The zero-order valence-corrected chi connectivity index (χ0v) is 18.8. The molecule has 1 atom stereocenters. The highest BCUT2D eigenvalue weighted by Gasteiger charge is 2.23. The lowest BCUT2D eigenvalue weighted by Gasteiger charge is -2.29. The van der Waals surface area contributed by atoms with Crippen LogP contribution >= 0.6 is 0 Å². The molecule has 1 aromatic carbocycles. The summed E-state index contributed by atoms with van der Waals surface area (Å²) in [4.78, 5) is 6.97. The quantitative estimate of drug-likeness (QED) is 0.377. The molecule has 1 saturated heterocycles. The summed E-state index contributed by atoms with van der Waals surface area (Å²) < 4.78 is 7.39. The van der Waals surface area contributed by atoms with Gasteiger partial charge in [-0.15, -0.1) is 0 Å². The highest BCUT2D eigenvalue weighted by Crippen LogP contribution is 2.26. The van der Waals surface area contributed by atoms with Crippen molar-refractivity contribution in [1.29, 1.82) is 0 Å². The Kier molecular flexibility index (Phi) is 8.13. The van der Waals surface area contributed by atoms with Gasteiger partial charge in [-0.1, -0.05) is 12.1 Å². The standard InChI is InChI=1S/C23H36N6O/c1-18-16-19(2)29(27-18)15-7-12-25-23(24-3)26-17-22(28-13-5-6-14-28)20-8-10-21(30-4)11-9-20/h8-11,16,22H,5-7,12-15,17H2,1-4H3,(H2,24,25,26). The van der Waals surface area contributed by atoms with E-state index < -0.39 is 0 Å². The maximum Gasteiger partial charge on any atom is 0.191 e. The summed E-state index contributed by atoms with van der Waals surface area (Å²) in [6.45, 7) is 9.02. The highest BCUT2D eigenvalue weighted by atomic mass is 16.5. The Morgan fingerprint density at radius 2 is 1.90 bits per heavy atom. The Balaban J connectivity index is 1.51. The molecule has 0 aliphatic carbocycles. The van der Waals surface area contributed by atoms with Gasteiger partial charge in [0, 0.05) is 32.4 Å². The number of nitrogens with one attached hydrogen (secondary N) is 2. The first-order valence-corrected chi connectivity index (χ1v) is 10.9. The molecule has 1 fully saturated rings. The lowest BCUT2D eigenvalue weighted by Crippen LogP contribution is -2.43. The number of nitrogens with zero attached hydrogens (tertiary/aromatic N) is 4. The van der Waals surface area contributed by atoms with Crippen LogP contribution in [0.15, 0.2) is 35.3 Å². The lowest BCUT2D eigenvalue weighted by atomic mass is 10.1. The average Bonchev–Trinajstić information content (AvgIpc) is 3.39. The van der Waals surface area contributed by atoms with Gasteiger partial charge in [-0.25, -0.2) is 0 Å². The number of rotatable bonds is 9. The molecule has 1 aliphatic rings. The highest BCUT2D eigenvalue weighted by molar-refractivity contribution is 5.79. The Bertz CT molecular complexity index is 808. The molecule has 7 heteroatoms. The zero-order chi connectivity index (χ0) is 21.3. The second-order valence-corrected chi connectivity index (χ2v) is 7.92. The van der Waals surface area contributed by atoms with E-state index in [2.05, 4.69) is 55.4 Å². The van der Waals surface area contributed by atoms with Crippen molar-refractivity contribution in [2.45, 2.75) is 45.7 Å². The number of aromatic nitrogens is 2. The molecule has 2 heterocycles. The lowest BCUT2D eigenvalue weighted by molar-refractivity contribution is 0.245. The summed E-state index contributed by atoms with van der Waals surface area (Å²) >= 11 is 0. The summed E-state index contributed by atoms with van der Waals surface area (Å²) in [5, 5.41) is 11.5. The molecule has 0 radical (unpaired) electrons. The maximum absolute atomic E-state index is 5.32. The van der Waals surface area contributed by atoms with Crippen LogP contribution in [-0.2, 0) is 6.54 Å². The molecular weight excluding hydrogens is 376 g/mol. The van der Waals surface area contributed by atoms with Gasteiger partial charge >= 0.3 is 0 Å². The number of methoxy groups -OCH3 is 1. The van der Waals surface area contributed by atoms with Gasteiger partial charge in [-0.05, 0) is 70.0 Å². The van der Waals surface area contributed by atoms with Gasteiger partial charge in [0.05, 0.1) is 18.8 Å². The van der Waals surface area contributed by atoms with Crippen LogP contribution in [-0.4, -0.2) is 61.0 Å². The largest absolute Gasteiger partial charge is 0.497 e. The van der Waals surface area contributed by atoms with Crippen molar-refractivity contribution in [3.8, 4) is 5.75 Å². The van der Waals surface area contributed by atoms with Gasteiger partial charge in [0.15, 0.2) is 5.96 Å². The minimum Gasteiger partial charge on any atom is -0.497 e. The fourth-order valence-electron chi connectivity index (χ4n) is 4.09. The number of hydrogen-bond acceptors (Lipinski definition) is 4. The molecule has 0 spiro atoms. The predicted octanol–water partition coefficient (Wildman–Crippen LogP) is 2.90. The second kappa shape index (κ2) is 11.0. The first kappa shape index (κ1) is 22.2. The fraction of sp³-hybridized carbons (Fsp3) is 0.565. The summed E-state index contributed by atoms with van der Waals surface area (Å²) in [5.74, 6) is 1.74. The first-order valence-electron chi connectivity index (χ1n) is 10.9. The van der Waals surface area contributed by atoms with Crippen LogP contribution in [0.3, 0.4) is 0 Å². The van der Waals surface area contributed by atoms with Crippen LogP contribution in [0.4, 0.5) is 0 Å². The monoisotopic (exact) mass is 412 g/mol. The van der Waals surface area contributed by atoms with Gasteiger partial charge in [-0.3, -0.25) is 14.6 Å². The number of ether oxygens (including phenoxy) is 1. The normalized spacial score (nSPS) is 15.9. The maximum atomic E-state index is 5.32. The van der Waals surface area contributed by atoms with Gasteiger partial charge in [0.1, 0.15) is 5.75 Å². The van der Waals surface area contributed by atoms with Crippen LogP contribution in [0, 0.1) is 13.8 Å². The van der Waals surface area contributed by atoms with Crippen molar-refractivity contribution in [3.05, 3.63) is 47.3 Å². The summed E-state index contributed by atoms with van der Waals surface area (Å²) in [6, 6.07) is 10.9. The molecule has 1 aromatic heterocycles. The molecule has 0 amide bonds. The number of aliphatic imine (C=N–C) groups is 1. The number of aryl methyl sites for hydroxylation is 3. The van der Waals surface area contributed by atoms with E-state index in [0.717, 1.165) is 56.5 Å². The number of guanidine groups is 1. The van der Waals surface area contributed by atoms with E-state index in [4.69, 9.17) is 4.74 Å². The van der Waals surface area contributed by atoms with Crippen LogP contribution < -0.4 is 15.4 Å². The Labute approximate surface area is 180 Å². The average molecular weight is 413 g/mol. The number of likely N-dealkylation sites (tertiary alicyclic amines) is 1. The summed E-state index contributed by atoms with van der Waals surface area (Å²) in [7, 11) is 3.54. The number of benzene rings is 1. The van der Waals surface area contributed by atoms with Gasteiger partial charge in [0.2, 0.25) is 0 Å². The smallest absolute Gasteiger partial charge is 0.191 e. The third kappa shape index (κ3) is 5.98. The SMILES string of the molecule is CN=C(NCCCn1nc(C)cc1C)NCC(c1ccc(OC)cc1)N1CCCC1. The van der Waals surface area contributed by atoms with Crippen LogP contribution in [0.5, 0.6) is 5.75 Å². The van der Waals surface area contributed by atoms with E-state index in [1.165, 1.54) is 24.1 Å². The topological polar surface area (TPSA) is 66.7 Å². The molecule has 3 rings (SSSR count). The van der Waals surface area contributed by atoms with Crippen molar-refractivity contribution in [3.63, 3.8) is 0 Å². The van der Waals surface area contributed by atoms with Gasteiger partial charge in [-0.2, -0.15) is 5.10 Å². The van der Waals surface area contributed by atoms with E-state index in [9.17, 15) is 0 Å². The third-order valence-electron chi connectivity index (χ3n) is 5.71. The fourth-order valence-corrected chi connectivity index (χ4v) is 4.09. The van der Waals surface area contributed by atoms with Gasteiger partial charge < -0.3 is 15.4 Å². The van der Waals surface area contributed by atoms with E-state index in [-0.39, 0.29) is 0 Å². The minimum atomic E-state index is 0.326. The van der Waals surface area contributed by atoms with Crippen LogP contribution in [0.2, 0.25) is 0 Å². The van der Waals surface area contributed by atoms with Crippen LogP contribution in [0.1, 0.15) is 42.3 Å². The van der Waals surface area contributed by atoms with Crippen molar-refractivity contribution in [1.82, 2.24) is 25.3 Å². The van der Waals surface area contributed by atoms with E-state index in [1.807, 2.05) is 26.1 Å². The van der Waals surface area contributed by atoms with Crippen LogP contribution in [0.25, 0.3) is 0 Å². The molecule has 2 aromatic rings. The minimum absolute atomic E-state index is 0.326. The molecular formula is C23H36N6O. The van der Waals surface area contributed by atoms with E-state index in [0.29, 0.717) is 6.04 Å². The van der Waals surface area contributed by atoms with Crippen molar-refractivity contribution in [2.24, 2.45) is 4.99 Å². The molecule has 2 N–H and O–H groups in total. The molecule has 0 bridgehead atoms. The first-order chi connectivity index (χ1) is 14.6. The Morgan fingerprint density at radius 3 is 2.50 bits per heavy atom. The molecule has 0 saturated carbocycles. The summed E-state index contributed by atoms with van der Waals surface area (Å²) in [5.41, 5.74) is 3.59. The van der Waals surface area contributed by atoms with Gasteiger partial charge in [0.25, 0.3) is 0 Å². The van der Waals surface area contributed by atoms with Crippen molar-refractivity contribution in [2.75, 3.05) is 40.3 Å². The third-order valence-corrected chi connectivity index (χ3v) is 5.71. The van der Waals surface area contributed by atoms with Crippen molar-refractivity contribution < 1.29 is 4.74 Å². The second-order valence-electron chi connectivity index (χ2n) is 7.92. The Hall–Kier alpha value is -2.54. The molecule has 30 heavy (non-hydrogen) atoms. The molecule has 164 valence electrons. The molecule has 7 nitrogen and oxygen atoms in total. The zero-order valence-electron chi connectivity index (χ0n) is 18.8. The molecule has 1 aliphatic heterocycles. The van der Waals surface area contributed by atoms with E-state index >= 15 is 0 Å². The number of hydrogen-bond donors (Lipinski definition) is 2. The Morgan fingerprint density at radius 1 is 1.17 bits per heavy atom. The van der Waals surface area contributed by atoms with E-state index in [1.54, 1.807) is 7.11 Å². The molecule has 1 unspecified atom stereocenters. The summed E-state index contributed by atoms with van der Waals surface area (Å²) in [6.07, 6.45) is 3.54.